The van der Waals surface area contributed by atoms with Crippen molar-refractivity contribution in [3.8, 4) is 5.75 Å². The summed E-state index contributed by atoms with van der Waals surface area (Å²) in [5.41, 5.74) is 4.64. The molecule has 0 fully saturated rings. The summed E-state index contributed by atoms with van der Waals surface area (Å²) in [4.78, 5) is 11.2. The Balaban J connectivity index is 2.28. The standard InChI is InChI=1S/C17H17ClO3/c1-10-6-11(2)15(12(3)7-10)9-21-16-8-13(18)4-5-14(16)17(19)20/h4-8H,9H2,1-3H3,(H,19,20). The molecule has 2 aromatic rings. The number of benzene rings is 2. The van der Waals surface area contributed by atoms with Crippen molar-refractivity contribution < 1.29 is 14.6 Å². The summed E-state index contributed by atoms with van der Waals surface area (Å²) in [5, 5.41) is 9.63. The van der Waals surface area contributed by atoms with Gasteiger partial charge in [0.15, 0.2) is 0 Å². The van der Waals surface area contributed by atoms with Gasteiger partial charge >= 0.3 is 5.97 Å². The summed E-state index contributed by atoms with van der Waals surface area (Å²) < 4.78 is 5.70. The summed E-state index contributed by atoms with van der Waals surface area (Å²) in [7, 11) is 0. The Morgan fingerprint density at radius 2 is 1.76 bits per heavy atom. The molecular formula is C17H17ClO3. The van der Waals surface area contributed by atoms with Crippen LogP contribution < -0.4 is 4.74 Å². The van der Waals surface area contributed by atoms with Crippen molar-refractivity contribution in [3.05, 3.63) is 63.2 Å². The molecule has 3 nitrogen and oxygen atoms in total. The molecule has 21 heavy (non-hydrogen) atoms. The number of ether oxygens (including phenoxy) is 1. The van der Waals surface area contributed by atoms with Gasteiger partial charge in [0.05, 0.1) is 0 Å². The van der Waals surface area contributed by atoms with Crippen LogP contribution in [0.25, 0.3) is 0 Å². The number of carbonyl (C=O) groups is 1. The fourth-order valence-corrected chi connectivity index (χ4v) is 2.54. The van der Waals surface area contributed by atoms with Crippen molar-refractivity contribution in [2.24, 2.45) is 0 Å². The summed E-state index contributed by atoms with van der Waals surface area (Å²) in [5.74, 6) is -0.742. The molecule has 0 atom stereocenters. The van der Waals surface area contributed by atoms with Gasteiger partial charge in [0.1, 0.15) is 17.9 Å². The van der Waals surface area contributed by atoms with Crippen LogP contribution in [0.4, 0.5) is 0 Å². The molecule has 0 radical (unpaired) electrons. The third-order valence-corrected chi connectivity index (χ3v) is 3.62. The predicted molar refractivity (Wildman–Crippen MR) is 83.4 cm³/mol. The number of halogens is 1. The van der Waals surface area contributed by atoms with E-state index in [0.717, 1.165) is 16.7 Å². The number of hydrogen-bond donors (Lipinski definition) is 1. The Bertz CT molecular complexity index is 669. The van der Waals surface area contributed by atoms with Gasteiger partial charge in [-0.3, -0.25) is 0 Å². The third-order valence-electron chi connectivity index (χ3n) is 3.39. The second-order valence-electron chi connectivity index (χ2n) is 5.11. The SMILES string of the molecule is Cc1cc(C)c(COc2cc(Cl)ccc2C(=O)O)c(C)c1. The fourth-order valence-electron chi connectivity index (χ4n) is 2.38. The van der Waals surface area contributed by atoms with Gasteiger partial charge in [-0.2, -0.15) is 0 Å². The lowest BCUT2D eigenvalue weighted by Crippen LogP contribution is -2.05. The first-order valence-corrected chi connectivity index (χ1v) is 6.98. The predicted octanol–water partition coefficient (Wildman–Crippen LogP) is 4.54. The topological polar surface area (TPSA) is 46.5 Å². The van der Waals surface area contributed by atoms with Crippen molar-refractivity contribution in [3.63, 3.8) is 0 Å². The van der Waals surface area contributed by atoms with Crippen LogP contribution >= 0.6 is 11.6 Å². The molecule has 0 aliphatic rings. The minimum absolute atomic E-state index is 0.113. The van der Waals surface area contributed by atoms with E-state index in [4.69, 9.17) is 16.3 Å². The highest BCUT2D eigenvalue weighted by Gasteiger charge is 2.13. The lowest BCUT2D eigenvalue weighted by atomic mass is 10.0. The van der Waals surface area contributed by atoms with Crippen LogP contribution in [0.15, 0.2) is 30.3 Å². The number of aromatic carboxylic acids is 1. The molecule has 0 heterocycles. The molecule has 0 saturated carbocycles. The van der Waals surface area contributed by atoms with E-state index in [1.165, 1.54) is 17.7 Å². The Morgan fingerprint density at radius 3 is 2.33 bits per heavy atom. The molecule has 0 amide bonds. The molecule has 4 heteroatoms. The van der Waals surface area contributed by atoms with Gasteiger partial charge in [-0.15, -0.1) is 0 Å². The minimum Gasteiger partial charge on any atom is -0.488 e. The first-order valence-electron chi connectivity index (χ1n) is 6.61. The molecule has 0 bridgehead atoms. The number of rotatable bonds is 4. The van der Waals surface area contributed by atoms with Crippen molar-refractivity contribution in [1.29, 1.82) is 0 Å². The van der Waals surface area contributed by atoms with Crippen LogP contribution in [0.3, 0.4) is 0 Å². The van der Waals surface area contributed by atoms with Crippen molar-refractivity contribution in [1.82, 2.24) is 0 Å². The highest BCUT2D eigenvalue weighted by Crippen LogP contribution is 2.26. The van der Waals surface area contributed by atoms with E-state index < -0.39 is 5.97 Å². The largest absolute Gasteiger partial charge is 0.488 e. The Kier molecular flexibility index (Phi) is 4.53. The fraction of sp³-hybridized carbons (Fsp3) is 0.235. The van der Waals surface area contributed by atoms with Crippen LogP contribution in [0.1, 0.15) is 32.6 Å². The summed E-state index contributed by atoms with van der Waals surface area (Å²) in [6.45, 7) is 6.41. The lowest BCUT2D eigenvalue weighted by Gasteiger charge is -2.14. The van der Waals surface area contributed by atoms with Crippen LogP contribution in [0.5, 0.6) is 5.75 Å². The zero-order valence-electron chi connectivity index (χ0n) is 12.2. The van der Waals surface area contributed by atoms with Crippen molar-refractivity contribution in [2.45, 2.75) is 27.4 Å². The van der Waals surface area contributed by atoms with Crippen LogP contribution in [0, 0.1) is 20.8 Å². The van der Waals surface area contributed by atoms with Crippen molar-refractivity contribution >= 4 is 17.6 Å². The van der Waals surface area contributed by atoms with Gasteiger partial charge < -0.3 is 9.84 Å². The van der Waals surface area contributed by atoms with E-state index in [-0.39, 0.29) is 11.3 Å². The quantitative estimate of drug-likeness (QED) is 0.902. The summed E-state index contributed by atoms with van der Waals surface area (Å²) in [6, 6.07) is 8.70. The third kappa shape index (κ3) is 3.56. The van der Waals surface area contributed by atoms with Crippen LogP contribution in [-0.4, -0.2) is 11.1 Å². The maximum atomic E-state index is 11.2. The number of carboxylic acids is 1. The van der Waals surface area contributed by atoms with Gasteiger partial charge in [-0.05, 0) is 55.7 Å². The molecule has 0 spiro atoms. The summed E-state index contributed by atoms with van der Waals surface area (Å²) in [6.07, 6.45) is 0. The second-order valence-corrected chi connectivity index (χ2v) is 5.55. The zero-order chi connectivity index (χ0) is 15.6. The van der Waals surface area contributed by atoms with Gasteiger partial charge in [-0.25, -0.2) is 4.79 Å². The molecular weight excluding hydrogens is 288 g/mol. The van der Waals surface area contributed by atoms with E-state index in [9.17, 15) is 9.90 Å². The Morgan fingerprint density at radius 1 is 1.14 bits per heavy atom. The van der Waals surface area contributed by atoms with Crippen LogP contribution in [-0.2, 0) is 6.61 Å². The average molecular weight is 305 g/mol. The average Bonchev–Trinajstić information content (AvgIpc) is 2.37. The van der Waals surface area contributed by atoms with E-state index in [0.29, 0.717) is 11.6 Å². The van der Waals surface area contributed by atoms with Gasteiger partial charge in [-0.1, -0.05) is 29.3 Å². The molecule has 0 unspecified atom stereocenters. The first-order chi connectivity index (χ1) is 9.88. The Hall–Kier alpha value is -2.00. The van der Waals surface area contributed by atoms with Gasteiger partial charge in [0, 0.05) is 5.02 Å². The number of carboxylic acid groups (broad SMARTS) is 1. The number of aryl methyl sites for hydroxylation is 3. The van der Waals surface area contributed by atoms with E-state index in [1.54, 1.807) is 6.07 Å². The number of hydrogen-bond acceptors (Lipinski definition) is 2. The molecule has 0 aromatic heterocycles. The van der Waals surface area contributed by atoms with E-state index in [1.807, 2.05) is 20.8 Å². The summed E-state index contributed by atoms with van der Waals surface area (Å²) >= 11 is 5.91. The van der Waals surface area contributed by atoms with Gasteiger partial charge in [0.2, 0.25) is 0 Å². The van der Waals surface area contributed by atoms with E-state index in [2.05, 4.69) is 12.1 Å². The molecule has 2 rings (SSSR count). The molecule has 0 aliphatic heterocycles. The normalized spacial score (nSPS) is 10.5. The Labute approximate surface area is 129 Å². The van der Waals surface area contributed by atoms with Crippen molar-refractivity contribution in [2.75, 3.05) is 0 Å². The molecule has 0 saturated heterocycles. The molecule has 0 aliphatic carbocycles. The first kappa shape index (κ1) is 15.4. The maximum Gasteiger partial charge on any atom is 0.339 e. The zero-order valence-corrected chi connectivity index (χ0v) is 13.0. The smallest absolute Gasteiger partial charge is 0.339 e. The van der Waals surface area contributed by atoms with E-state index >= 15 is 0 Å². The van der Waals surface area contributed by atoms with Gasteiger partial charge in [0.25, 0.3) is 0 Å². The molecule has 110 valence electrons. The monoisotopic (exact) mass is 304 g/mol. The highest BCUT2D eigenvalue weighted by atomic mass is 35.5. The van der Waals surface area contributed by atoms with Crippen LogP contribution in [0.2, 0.25) is 5.02 Å². The maximum absolute atomic E-state index is 11.2. The molecule has 1 N–H and O–H groups in total. The minimum atomic E-state index is -1.03. The highest BCUT2D eigenvalue weighted by molar-refractivity contribution is 6.30. The second kappa shape index (κ2) is 6.19. The molecule has 2 aromatic carbocycles. The lowest BCUT2D eigenvalue weighted by molar-refractivity contribution is 0.0692.